The summed E-state index contributed by atoms with van der Waals surface area (Å²) in [4.78, 5) is 23.2. The summed E-state index contributed by atoms with van der Waals surface area (Å²) >= 11 is 0. The van der Waals surface area contributed by atoms with Crippen LogP contribution in [0.3, 0.4) is 0 Å². The number of aliphatic hydroxyl groups is 1. The van der Waals surface area contributed by atoms with E-state index in [4.69, 9.17) is 14.5 Å². The van der Waals surface area contributed by atoms with Gasteiger partial charge in [-0.2, -0.15) is 0 Å². The zero-order chi connectivity index (χ0) is 19.0. The fraction of sp³-hybridized carbons (Fsp3) is 0.263. The Morgan fingerprint density at radius 2 is 1.89 bits per heavy atom. The third-order valence-corrected chi connectivity index (χ3v) is 5.23. The van der Waals surface area contributed by atoms with Crippen LogP contribution in [0.1, 0.15) is 6.42 Å². The summed E-state index contributed by atoms with van der Waals surface area (Å²) in [5.41, 5.74) is 3.93. The predicted molar refractivity (Wildman–Crippen MR) is 104 cm³/mol. The molecule has 142 valence electrons. The Kier molecular flexibility index (Phi) is 4.70. The Labute approximate surface area is 156 Å². The first-order valence-corrected chi connectivity index (χ1v) is 10.5. The Morgan fingerprint density at radius 3 is 2.56 bits per heavy atom. The quantitative estimate of drug-likeness (QED) is 0.501. The summed E-state index contributed by atoms with van der Waals surface area (Å²) in [6.45, 7) is 1.52. The number of aliphatic hydroxyl groups excluding tert-OH is 1. The molecule has 1 fully saturated rings. The van der Waals surface area contributed by atoms with Gasteiger partial charge in [-0.3, -0.25) is 4.57 Å². The van der Waals surface area contributed by atoms with Gasteiger partial charge in [0.2, 0.25) is 0 Å². The van der Waals surface area contributed by atoms with Crippen LogP contribution in [0.5, 0.6) is 5.75 Å². The number of nitrogens with zero attached hydrogens (tertiary/aromatic N) is 1. The highest BCUT2D eigenvalue weighted by Crippen LogP contribution is 2.37. The van der Waals surface area contributed by atoms with Crippen molar-refractivity contribution in [2.75, 3.05) is 24.3 Å². The molecular formula is C19H21N2O5P. The van der Waals surface area contributed by atoms with Crippen LogP contribution in [-0.2, 0) is 4.57 Å². The summed E-state index contributed by atoms with van der Waals surface area (Å²) < 4.78 is 16.3. The molecule has 2 aromatic carbocycles. The van der Waals surface area contributed by atoms with E-state index in [0.717, 1.165) is 40.7 Å². The number of aromatic amines is 1. The van der Waals surface area contributed by atoms with E-state index in [1.807, 2.05) is 42.5 Å². The van der Waals surface area contributed by atoms with E-state index in [0.29, 0.717) is 12.3 Å². The minimum absolute atomic E-state index is 0.257. The number of fused-ring (bicyclic) bond motifs is 1. The van der Waals surface area contributed by atoms with E-state index in [-0.39, 0.29) is 6.10 Å². The fourth-order valence-electron chi connectivity index (χ4n) is 3.39. The molecule has 7 nitrogen and oxygen atoms in total. The van der Waals surface area contributed by atoms with Crippen LogP contribution in [0.15, 0.2) is 48.7 Å². The van der Waals surface area contributed by atoms with Crippen LogP contribution in [0.2, 0.25) is 0 Å². The Balaban J connectivity index is 1.59. The molecule has 4 rings (SSSR count). The molecular weight excluding hydrogens is 367 g/mol. The van der Waals surface area contributed by atoms with Gasteiger partial charge in [0.25, 0.3) is 0 Å². The summed E-state index contributed by atoms with van der Waals surface area (Å²) in [7, 11) is -4.23. The summed E-state index contributed by atoms with van der Waals surface area (Å²) in [6.07, 6.45) is 1.49. The number of ether oxygens (including phenoxy) is 1. The topological polar surface area (TPSA) is 106 Å². The van der Waals surface area contributed by atoms with Gasteiger partial charge < -0.3 is 29.5 Å². The number of aromatic nitrogens is 1. The minimum Gasteiger partial charge on any atom is -0.479 e. The van der Waals surface area contributed by atoms with Gasteiger partial charge >= 0.3 is 7.60 Å². The van der Waals surface area contributed by atoms with E-state index in [9.17, 15) is 9.67 Å². The number of anilines is 1. The zero-order valence-electron chi connectivity index (χ0n) is 14.6. The monoisotopic (exact) mass is 388 g/mol. The van der Waals surface area contributed by atoms with Crippen molar-refractivity contribution >= 4 is 24.2 Å². The molecule has 0 saturated carbocycles. The molecule has 0 radical (unpaired) electrons. The number of hydrogen-bond acceptors (Lipinski definition) is 4. The van der Waals surface area contributed by atoms with Crippen molar-refractivity contribution in [3.63, 3.8) is 0 Å². The summed E-state index contributed by atoms with van der Waals surface area (Å²) in [5.74, 6) is 0.415. The molecule has 3 aromatic rings. The highest BCUT2D eigenvalue weighted by atomic mass is 31.2. The average Bonchev–Trinajstić information content (AvgIpc) is 3.25. The van der Waals surface area contributed by atoms with Gasteiger partial charge in [-0.1, -0.05) is 18.2 Å². The van der Waals surface area contributed by atoms with Crippen molar-refractivity contribution in [3.8, 4) is 16.9 Å². The summed E-state index contributed by atoms with van der Waals surface area (Å²) in [5, 5.41) is 10.5. The van der Waals surface area contributed by atoms with Crippen LogP contribution >= 0.6 is 7.60 Å². The second-order valence-corrected chi connectivity index (χ2v) is 8.37. The van der Waals surface area contributed by atoms with E-state index < -0.39 is 13.9 Å². The lowest BCUT2D eigenvalue weighted by molar-refractivity contribution is 0.198. The molecule has 4 N–H and O–H groups in total. The van der Waals surface area contributed by atoms with Crippen molar-refractivity contribution < 1.29 is 24.2 Å². The third kappa shape index (κ3) is 4.01. The van der Waals surface area contributed by atoms with E-state index in [1.54, 1.807) is 6.20 Å². The minimum atomic E-state index is -4.23. The Morgan fingerprint density at radius 1 is 1.15 bits per heavy atom. The average molecular weight is 388 g/mol. The van der Waals surface area contributed by atoms with Gasteiger partial charge in [-0.05, 0) is 41.8 Å². The van der Waals surface area contributed by atoms with Crippen molar-refractivity contribution in [1.29, 1.82) is 0 Å². The zero-order valence-corrected chi connectivity index (χ0v) is 15.5. The van der Waals surface area contributed by atoms with Gasteiger partial charge in [0.15, 0.2) is 6.35 Å². The molecule has 1 atom stereocenters. The third-order valence-electron chi connectivity index (χ3n) is 4.76. The molecule has 0 unspecified atom stereocenters. The lowest BCUT2D eigenvalue weighted by Gasteiger charge is -2.18. The van der Waals surface area contributed by atoms with Crippen LogP contribution in [0.4, 0.5) is 5.69 Å². The molecule has 8 heteroatoms. The van der Waals surface area contributed by atoms with Crippen LogP contribution < -0.4 is 9.64 Å². The molecule has 0 bridgehead atoms. The molecule has 1 saturated heterocycles. The Bertz CT molecular complexity index is 995. The van der Waals surface area contributed by atoms with Crippen LogP contribution in [0, 0.1) is 0 Å². The maximum atomic E-state index is 11.1. The molecule has 0 aliphatic carbocycles. The van der Waals surface area contributed by atoms with Crippen molar-refractivity contribution in [3.05, 3.63) is 48.7 Å². The largest absolute Gasteiger partial charge is 0.479 e. The second kappa shape index (κ2) is 7.02. The molecule has 0 spiro atoms. The van der Waals surface area contributed by atoms with Gasteiger partial charge in [-0.15, -0.1) is 0 Å². The van der Waals surface area contributed by atoms with Crippen LogP contribution in [-0.4, -0.2) is 45.4 Å². The number of benzene rings is 2. The smallest absolute Gasteiger partial charge is 0.362 e. The van der Waals surface area contributed by atoms with E-state index >= 15 is 0 Å². The van der Waals surface area contributed by atoms with Crippen molar-refractivity contribution in [2.24, 2.45) is 0 Å². The van der Waals surface area contributed by atoms with Gasteiger partial charge in [0.1, 0.15) is 5.75 Å². The fourth-order valence-corrected chi connectivity index (χ4v) is 3.70. The first-order valence-electron chi connectivity index (χ1n) is 8.71. The number of β-amino-alcohol motifs (C(OH)–C–C–N with tert-alkyl or cyclic N) is 1. The number of H-pyrrole nitrogens is 1. The summed E-state index contributed by atoms with van der Waals surface area (Å²) in [6, 6.07) is 14.0. The maximum absolute atomic E-state index is 11.1. The second-order valence-electron chi connectivity index (χ2n) is 6.79. The van der Waals surface area contributed by atoms with Gasteiger partial charge in [-0.25, -0.2) is 0 Å². The van der Waals surface area contributed by atoms with Crippen molar-refractivity contribution in [2.45, 2.75) is 12.5 Å². The maximum Gasteiger partial charge on any atom is 0.362 e. The van der Waals surface area contributed by atoms with Crippen LogP contribution in [0.25, 0.3) is 22.0 Å². The molecule has 1 aromatic heterocycles. The lowest BCUT2D eigenvalue weighted by atomic mass is 10.0. The first kappa shape index (κ1) is 18.1. The lowest BCUT2D eigenvalue weighted by Crippen LogP contribution is -2.20. The number of rotatable bonds is 5. The van der Waals surface area contributed by atoms with Crippen molar-refractivity contribution in [1.82, 2.24) is 4.98 Å². The molecule has 0 amide bonds. The molecule has 27 heavy (non-hydrogen) atoms. The normalized spacial score (nSPS) is 17.6. The van der Waals surface area contributed by atoms with E-state index in [2.05, 4.69) is 9.88 Å². The SMILES string of the molecule is O=P(O)(O)COc1c[nH]c2ccc(-c3ccc(N4CC[C@H](O)C4)cc3)cc12. The molecule has 1 aliphatic heterocycles. The van der Waals surface area contributed by atoms with Gasteiger partial charge in [0.05, 0.1) is 6.10 Å². The first-order chi connectivity index (χ1) is 12.9. The molecule has 1 aliphatic rings. The van der Waals surface area contributed by atoms with E-state index in [1.165, 1.54) is 0 Å². The molecule has 2 heterocycles. The number of nitrogens with one attached hydrogen (secondary N) is 1. The number of hydrogen-bond donors (Lipinski definition) is 4. The highest BCUT2D eigenvalue weighted by Gasteiger charge is 2.20. The highest BCUT2D eigenvalue weighted by molar-refractivity contribution is 7.51. The standard InChI is InChI=1S/C19H21N2O5P/c22-16-7-8-21(11-16)15-4-1-13(2-5-15)14-3-6-18-17(9-14)19(10-20-18)26-12-27(23,24)25/h1-6,9-10,16,20,22H,7-8,11-12H2,(H2,23,24,25)/t16-/m0/s1. The Hall–Kier alpha value is -2.31. The predicted octanol–water partition coefficient (Wildman–Crippen LogP) is 2.92. The van der Waals surface area contributed by atoms with Gasteiger partial charge in [0, 0.05) is 35.9 Å².